The molecule has 24 heavy (non-hydrogen) atoms. The molecule has 0 spiro atoms. The molecule has 0 atom stereocenters. The third-order valence-electron chi connectivity index (χ3n) is 3.89. The molecule has 2 aromatic carbocycles. The van der Waals surface area contributed by atoms with E-state index in [2.05, 4.69) is 0 Å². The minimum Gasteiger partial charge on any atom is -0.266 e. The van der Waals surface area contributed by atoms with Crippen molar-refractivity contribution in [3.63, 3.8) is 0 Å². The summed E-state index contributed by atoms with van der Waals surface area (Å²) in [4.78, 5) is -0.00740. The summed E-state index contributed by atoms with van der Waals surface area (Å²) in [5, 5.41) is 5.28. The van der Waals surface area contributed by atoms with E-state index in [1.165, 1.54) is 28.6 Å². The number of primary sulfonamides is 1. The van der Waals surface area contributed by atoms with E-state index in [0.717, 1.165) is 5.56 Å². The zero-order chi connectivity index (χ0) is 17.7. The van der Waals surface area contributed by atoms with Crippen molar-refractivity contribution >= 4 is 37.3 Å². The van der Waals surface area contributed by atoms with Crippen LogP contribution in [0.2, 0.25) is 5.02 Å². The van der Waals surface area contributed by atoms with Gasteiger partial charge in [-0.05, 0) is 54.8 Å². The second-order valence-electron chi connectivity index (χ2n) is 5.60. The van der Waals surface area contributed by atoms with Gasteiger partial charge in [-0.1, -0.05) is 17.7 Å². The van der Waals surface area contributed by atoms with Gasteiger partial charge < -0.3 is 0 Å². The number of rotatable bonds is 3. The largest absolute Gasteiger partial charge is 0.266 e. The van der Waals surface area contributed by atoms with Crippen LogP contribution < -0.4 is 9.44 Å². The lowest BCUT2D eigenvalue weighted by Crippen LogP contribution is -2.29. The minimum absolute atomic E-state index is 0.0261. The van der Waals surface area contributed by atoms with E-state index in [1.54, 1.807) is 12.1 Å². The van der Waals surface area contributed by atoms with E-state index in [4.69, 9.17) is 16.7 Å². The van der Waals surface area contributed by atoms with Crippen molar-refractivity contribution < 1.29 is 16.8 Å². The molecule has 0 aromatic heterocycles. The topological polar surface area (TPSA) is 97.5 Å². The van der Waals surface area contributed by atoms with Crippen LogP contribution in [0.3, 0.4) is 0 Å². The van der Waals surface area contributed by atoms with Crippen molar-refractivity contribution in [1.82, 2.24) is 0 Å². The summed E-state index contributed by atoms with van der Waals surface area (Å²) >= 11 is 6.10. The van der Waals surface area contributed by atoms with Crippen LogP contribution in [0.1, 0.15) is 11.1 Å². The number of nitrogens with two attached hydrogens (primary N) is 1. The summed E-state index contributed by atoms with van der Waals surface area (Å²) in [6, 6.07) is 8.93. The van der Waals surface area contributed by atoms with Crippen molar-refractivity contribution in [3.05, 3.63) is 52.5 Å². The van der Waals surface area contributed by atoms with Crippen LogP contribution in [-0.2, 0) is 26.5 Å². The Morgan fingerprint density at radius 2 is 1.79 bits per heavy atom. The molecule has 2 N–H and O–H groups in total. The Morgan fingerprint density at radius 3 is 2.42 bits per heavy atom. The Bertz CT molecular complexity index is 1030. The maximum Gasteiger partial charge on any atom is 0.265 e. The second-order valence-corrected chi connectivity index (χ2v) is 9.40. The van der Waals surface area contributed by atoms with Gasteiger partial charge in [0.1, 0.15) is 4.90 Å². The Kier molecular flexibility index (Phi) is 4.11. The average molecular weight is 387 g/mol. The molecule has 3 rings (SSSR count). The molecule has 1 aliphatic heterocycles. The Morgan fingerprint density at radius 1 is 1.08 bits per heavy atom. The van der Waals surface area contributed by atoms with Crippen LogP contribution in [0.25, 0.3) is 0 Å². The third-order valence-corrected chi connectivity index (χ3v) is 7.09. The molecule has 128 valence electrons. The molecule has 9 heteroatoms. The molecule has 0 fully saturated rings. The van der Waals surface area contributed by atoms with Gasteiger partial charge in [0.25, 0.3) is 10.0 Å². The maximum absolute atomic E-state index is 12.9. The molecule has 1 heterocycles. The fourth-order valence-electron chi connectivity index (χ4n) is 2.71. The van der Waals surface area contributed by atoms with Crippen LogP contribution in [-0.4, -0.2) is 23.4 Å². The smallest absolute Gasteiger partial charge is 0.265 e. The summed E-state index contributed by atoms with van der Waals surface area (Å²) in [6.45, 7) is 2.04. The number of anilines is 1. The van der Waals surface area contributed by atoms with Crippen molar-refractivity contribution in [2.45, 2.75) is 23.1 Å². The number of nitrogens with zero attached hydrogens (tertiary/aromatic N) is 1. The van der Waals surface area contributed by atoms with Crippen LogP contribution in [0.5, 0.6) is 0 Å². The molecule has 0 bridgehead atoms. The molecule has 0 saturated carbocycles. The summed E-state index contributed by atoms with van der Waals surface area (Å²) in [7, 11) is -7.66. The number of hydrogen-bond donors (Lipinski definition) is 1. The number of fused-ring (bicyclic) bond motifs is 1. The zero-order valence-electron chi connectivity index (χ0n) is 12.7. The summed E-state index contributed by atoms with van der Waals surface area (Å²) in [6.07, 6.45) is 0.404. The van der Waals surface area contributed by atoms with Gasteiger partial charge >= 0.3 is 0 Å². The summed E-state index contributed by atoms with van der Waals surface area (Å²) < 4.78 is 49.9. The van der Waals surface area contributed by atoms with Crippen LogP contribution in [0.15, 0.2) is 46.2 Å². The standard InChI is InChI=1S/C15H15ClN2O4S2/c1-10-2-5-15(13(16)8-10)24(21,22)18-7-6-11-9-12(23(17,19)20)3-4-14(11)18/h2-5,8-9H,6-7H2,1H3,(H2,17,19,20). The molecule has 0 radical (unpaired) electrons. The molecule has 0 saturated heterocycles. The number of halogens is 1. The molecular weight excluding hydrogens is 372 g/mol. The third kappa shape index (κ3) is 2.90. The van der Waals surface area contributed by atoms with Crippen molar-refractivity contribution in [1.29, 1.82) is 0 Å². The fourth-order valence-corrected chi connectivity index (χ4v) is 5.35. The predicted octanol–water partition coefficient (Wildman–Crippen LogP) is 2.05. The van der Waals surface area contributed by atoms with Crippen LogP contribution in [0.4, 0.5) is 5.69 Å². The van der Waals surface area contributed by atoms with E-state index in [-0.39, 0.29) is 21.4 Å². The molecule has 0 amide bonds. The monoisotopic (exact) mass is 386 g/mol. The van der Waals surface area contributed by atoms with Gasteiger partial charge in [0.15, 0.2) is 0 Å². The lowest BCUT2D eigenvalue weighted by molar-refractivity contribution is 0.592. The predicted molar refractivity (Wildman–Crippen MR) is 92.2 cm³/mol. The van der Waals surface area contributed by atoms with Gasteiger partial charge in [-0.15, -0.1) is 0 Å². The quantitative estimate of drug-likeness (QED) is 0.872. The Balaban J connectivity index is 2.08. The first kappa shape index (κ1) is 17.2. The first-order valence-electron chi connectivity index (χ1n) is 7.05. The minimum atomic E-state index is -3.83. The van der Waals surface area contributed by atoms with Gasteiger partial charge in [-0.3, -0.25) is 4.31 Å². The van der Waals surface area contributed by atoms with E-state index >= 15 is 0 Å². The average Bonchev–Trinajstić information content (AvgIpc) is 2.89. The number of benzene rings is 2. The lowest BCUT2D eigenvalue weighted by atomic mass is 10.2. The highest BCUT2D eigenvalue weighted by Crippen LogP contribution is 2.36. The highest BCUT2D eigenvalue weighted by atomic mass is 35.5. The van der Waals surface area contributed by atoms with E-state index in [1.807, 2.05) is 6.92 Å². The summed E-state index contributed by atoms with van der Waals surface area (Å²) in [5.41, 5.74) is 1.92. The Hall–Kier alpha value is -1.61. The summed E-state index contributed by atoms with van der Waals surface area (Å²) in [5.74, 6) is 0. The molecule has 6 nitrogen and oxygen atoms in total. The highest BCUT2D eigenvalue weighted by molar-refractivity contribution is 7.93. The van der Waals surface area contributed by atoms with Crippen molar-refractivity contribution in [2.24, 2.45) is 5.14 Å². The molecule has 0 aliphatic carbocycles. The van der Waals surface area contributed by atoms with Crippen molar-refractivity contribution in [3.8, 4) is 0 Å². The maximum atomic E-state index is 12.9. The number of sulfonamides is 2. The van der Waals surface area contributed by atoms with Gasteiger partial charge in [-0.25, -0.2) is 22.0 Å². The van der Waals surface area contributed by atoms with Gasteiger partial charge in [0, 0.05) is 6.54 Å². The van der Waals surface area contributed by atoms with Crippen LogP contribution >= 0.6 is 11.6 Å². The lowest BCUT2D eigenvalue weighted by Gasteiger charge is -2.20. The normalized spacial score (nSPS) is 14.7. The molecule has 0 unspecified atom stereocenters. The molecule has 1 aliphatic rings. The van der Waals surface area contributed by atoms with E-state index in [9.17, 15) is 16.8 Å². The number of aryl methyl sites for hydroxylation is 1. The van der Waals surface area contributed by atoms with Crippen molar-refractivity contribution in [2.75, 3.05) is 10.8 Å². The first-order chi connectivity index (χ1) is 11.1. The van der Waals surface area contributed by atoms with E-state index in [0.29, 0.717) is 17.7 Å². The van der Waals surface area contributed by atoms with Crippen LogP contribution in [0, 0.1) is 6.92 Å². The highest BCUT2D eigenvalue weighted by Gasteiger charge is 2.32. The zero-order valence-corrected chi connectivity index (χ0v) is 15.1. The second kappa shape index (κ2) is 5.73. The molecule has 2 aromatic rings. The molecular formula is C15H15ClN2O4S2. The number of hydrogen-bond acceptors (Lipinski definition) is 4. The van der Waals surface area contributed by atoms with Gasteiger partial charge in [0.2, 0.25) is 10.0 Å². The Labute approximate surface area is 146 Å². The van der Waals surface area contributed by atoms with Gasteiger partial charge in [-0.2, -0.15) is 0 Å². The van der Waals surface area contributed by atoms with Gasteiger partial charge in [0.05, 0.1) is 15.6 Å². The first-order valence-corrected chi connectivity index (χ1v) is 10.4. The fraction of sp³-hybridized carbons (Fsp3) is 0.200. The SMILES string of the molecule is Cc1ccc(S(=O)(=O)N2CCc3cc(S(N)(=O)=O)ccc32)c(Cl)c1. The van der Waals surface area contributed by atoms with E-state index < -0.39 is 20.0 Å².